The van der Waals surface area contributed by atoms with Crippen molar-refractivity contribution in [1.82, 2.24) is 15.5 Å². The number of hydrogen-bond donors (Lipinski definition) is 2. The third-order valence-electron chi connectivity index (χ3n) is 4.63. The highest BCUT2D eigenvalue weighted by atomic mass is 19.4. The van der Waals surface area contributed by atoms with Crippen molar-refractivity contribution >= 4 is 5.96 Å². The Morgan fingerprint density at radius 3 is 2.50 bits per heavy atom. The van der Waals surface area contributed by atoms with Crippen molar-refractivity contribution in [1.29, 1.82) is 0 Å². The Labute approximate surface area is 164 Å². The van der Waals surface area contributed by atoms with Crippen molar-refractivity contribution in [2.45, 2.75) is 32.8 Å². The van der Waals surface area contributed by atoms with Gasteiger partial charge in [-0.05, 0) is 12.0 Å². The molecule has 9 heteroatoms. The Balaban J connectivity index is 1.92. The fraction of sp³-hybridized carbons (Fsp3) is 0.632. The quantitative estimate of drug-likeness (QED) is 0.542. The number of halogens is 3. The van der Waals surface area contributed by atoms with Gasteiger partial charge in [-0.15, -0.1) is 13.2 Å². The van der Waals surface area contributed by atoms with E-state index < -0.39 is 6.36 Å². The molecule has 0 aliphatic carbocycles. The Hall–Kier alpha value is -2.00. The lowest BCUT2D eigenvalue weighted by Gasteiger charge is -2.37. The van der Waals surface area contributed by atoms with Crippen LogP contribution in [0.4, 0.5) is 13.2 Å². The highest BCUT2D eigenvalue weighted by molar-refractivity contribution is 5.79. The highest BCUT2D eigenvalue weighted by Gasteiger charge is 2.32. The van der Waals surface area contributed by atoms with E-state index in [0.29, 0.717) is 30.0 Å². The van der Waals surface area contributed by atoms with Gasteiger partial charge in [-0.3, -0.25) is 9.89 Å². The lowest BCUT2D eigenvalue weighted by Crippen LogP contribution is -2.52. The molecule has 1 unspecified atom stereocenters. The van der Waals surface area contributed by atoms with Gasteiger partial charge in [0.25, 0.3) is 0 Å². The number of rotatable bonds is 7. The van der Waals surface area contributed by atoms with Gasteiger partial charge in [0.15, 0.2) is 5.96 Å². The van der Waals surface area contributed by atoms with Crippen LogP contribution in [0.2, 0.25) is 0 Å². The monoisotopic (exact) mass is 402 g/mol. The van der Waals surface area contributed by atoms with E-state index in [0.717, 1.165) is 26.3 Å². The average molecular weight is 402 g/mol. The van der Waals surface area contributed by atoms with Crippen LogP contribution in [0.15, 0.2) is 29.3 Å². The van der Waals surface area contributed by atoms with Gasteiger partial charge in [-0.25, -0.2) is 0 Å². The third-order valence-corrected chi connectivity index (χ3v) is 4.63. The second-order valence-electron chi connectivity index (χ2n) is 6.92. The van der Waals surface area contributed by atoms with Crippen LogP contribution in [0.3, 0.4) is 0 Å². The predicted octanol–water partition coefficient (Wildman–Crippen LogP) is 2.61. The summed E-state index contributed by atoms with van der Waals surface area (Å²) in [5, 5.41) is 6.34. The predicted molar refractivity (Wildman–Crippen MR) is 102 cm³/mol. The minimum atomic E-state index is -4.72. The van der Waals surface area contributed by atoms with E-state index >= 15 is 0 Å². The lowest BCUT2D eigenvalue weighted by atomic mass is 10.0. The highest BCUT2D eigenvalue weighted by Crippen LogP contribution is 2.26. The van der Waals surface area contributed by atoms with Gasteiger partial charge in [0.1, 0.15) is 5.75 Å². The summed E-state index contributed by atoms with van der Waals surface area (Å²) < 4.78 is 47.2. The first-order chi connectivity index (χ1) is 13.3. The van der Waals surface area contributed by atoms with Crippen LogP contribution in [-0.2, 0) is 11.3 Å². The summed E-state index contributed by atoms with van der Waals surface area (Å²) in [4.78, 5) is 6.56. The molecule has 1 saturated heterocycles. The lowest BCUT2D eigenvalue weighted by molar-refractivity contribution is -0.274. The molecule has 1 atom stereocenters. The maximum atomic E-state index is 12.6. The molecule has 1 aromatic carbocycles. The SMILES string of the molecule is CN=C(NCc1ccccc1OC(F)(F)F)NCC(C(C)C)N1CCOCC1. The van der Waals surface area contributed by atoms with Crippen LogP contribution in [-0.4, -0.2) is 63.2 Å². The molecule has 6 nitrogen and oxygen atoms in total. The van der Waals surface area contributed by atoms with Crippen LogP contribution >= 0.6 is 0 Å². The van der Waals surface area contributed by atoms with Crippen molar-refractivity contribution < 1.29 is 22.6 Å². The van der Waals surface area contributed by atoms with Gasteiger partial charge in [0.05, 0.1) is 13.2 Å². The first-order valence-electron chi connectivity index (χ1n) is 9.40. The molecule has 0 spiro atoms. The molecule has 158 valence electrons. The molecule has 0 amide bonds. The molecule has 0 aromatic heterocycles. The zero-order valence-electron chi connectivity index (χ0n) is 16.6. The molecule has 2 rings (SSSR count). The smallest absolute Gasteiger partial charge is 0.405 e. The first-order valence-corrected chi connectivity index (χ1v) is 9.40. The molecule has 1 aliphatic heterocycles. The van der Waals surface area contributed by atoms with Crippen molar-refractivity contribution in [3.63, 3.8) is 0 Å². The van der Waals surface area contributed by atoms with Crippen LogP contribution < -0.4 is 15.4 Å². The zero-order chi connectivity index (χ0) is 20.6. The number of para-hydroxylation sites is 1. The summed E-state index contributed by atoms with van der Waals surface area (Å²) in [5.41, 5.74) is 0.399. The van der Waals surface area contributed by atoms with Crippen molar-refractivity contribution in [3.05, 3.63) is 29.8 Å². The summed E-state index contributed by atoms with van der Waals surface area (Å²) >= 11 is 0. The molecule has 1 heterocycles. The fourth-order valence-corrected chi connectivity index (χ4v) is 3.17. The Morgan fingerprint density at radius 1 is 1.21 bits per heavy atom. The molecule has 0 saturated carbocycles. The zero-order valence-corrected chi connectivity index (χ0v) is 16.6. The number of ether oxygens (including phenoxy) is 2. The van der Waals surface area contributed by atoms with E-state index in [1.54, 1.807) is 19.2 Å². The van der Waals surface area contributed by atoms with E-state index in [-0.39, 0.29) is 12.3 Å². The normalized spacial score (nSPS) is 17.5. The summed E-state index contributed by atoms with van der Waals surface area (Å²) in [6, 6.07) is 6.37. The number of alkyl halides is 3. The molecule has 28 heavy (non-hydrogen) atoms. The molecule has 0 bridgehead atoms. The summed E-state index contributed by atoms with van der Waals surface area (Å²) in [5.74, 6) is 0.747. The van der Waals surface area contributed by atoms with Gasteiger partial charge in [-0.2, -0.15) is 0 Å². The minimum Gasteiger partial charge on any atom is -0.405 e. The van der Waals surface area contributed by atoms with Crippen LogP contribution in [0, 0.1) is 5.92 Å². The molecule has 1 fully saturated rings. The van der Waals surface area contributed by atoms with Crippen molar-refractivity contribution in [3.8, 4) is 5.75 Å². The summed E-state index contributed by atoms with van der Waals surface area (Å²) in [7, 11) is 1.63. The maximum absolute atomic E-state index is 12.6. The number of nitrogens with one attached hydrogen (secondary N) is 2. The van der Waals surface area contributed by atoms with Gasteiger partial charge in [0, 0.05) is 44.8 Å². The van der Waals surface area contributed by atoms with Crippen LogP contribution in [0.5, 0.6) is 5.75 Å². The Kier molecular flexibility index (Phi) is 8.37. The number of guanidine groups is 1. The molecule has 2 N–H and O–H groups in total. The number of aliphatic imine (C=N–C) groups is 1. The Morgan fingerprint density at radius 2 is 1.89 bits per heavy atom. The molecular formula is C19H29F3N4O2. The van der Waals surface area contributed by atoms with E-state index in [1.807, 2.05) is 0 Å². The number of nitrogens with zero attached hydrogens (tertiary/aromatic N) is 2. The van der Waals surface area contributed by atoms with Gasteiger partial charge in [0.2, 0.25) is 0 Å². The standard InChI is InChI=1S/C19H29F3N4O2/c1-14(2)16(26-8-10-27-11-9-26)13-25-18(23-3)24-12-15-6-4-5-7-17(15)28-19(20,21)22/h4-7,14,16H,8-13H2,1-3H3,(H2,23,24,25). The van der Waals surface area contributed by atoms with E-state index in [2.05, 4.69) is 39.1 Å². The molecule has 0 radical (unpaired) electrons. The van der Waals surface area contributed by atoms with Gasteiger partial charge < -0.3 is 20.1 Å². The molecular weight excluding hydrogens is 373 g/mol. The van der Waals surface area contributed by atoms with E-state index in [4.69, 9.17) is 4.74 Å². The van der Waals surface area contributed by atoms with Crippen molar-refractivity contribution in [2.75, 3.05) is 39.9 Å². The van der Waals surface area contributed by atoms with Crippen LogP contribution in [0.1, 0.15) is 19.4 Å². The first kappa shape index (κ1) is 22.3. The largest absolute Gasteiger partial charge is 0.573 e. The second kappa shape index (κ2) is 10.5. The summed E-state index contributed by atoms with van der Waals surface area (Å²) in [6.07, 6.45) is -4.72. The second-order valence-corrected chi connectivity index (χ2v) is 6.92. The number of benzene rings is 1. The maximum Gasteiger partial charge on any atom is 0.573 e. The minimum absolute atomic E-state index is 0.163. The third kappa shape index (κ3) is 7.20. The van der Waals surface area contributed by atoms with Gasteiger partial charge >= 0.3 is 6.36 Å². The number of morpholine rings is 1. The van der Waals surface area contributed by atoms with E-state index in [9.17, 15) is 13.2 Å². The fourth-order valence-electron chi connectivity index (χ4n) is 3.17. The Bertz CT molecular complexity index is 632. The molecule has 1 aromatic rings. The molecule has 1 aliphatic rings. The van der Waals surface area contributed by atoms with Gasteiger partial charge in [-0.1, -0.05) is 32.0 Å². The summed E-state index contributed by atoms with van der Waals surface area (Å²) in [6.45, 7) is 8.41. The van der Waals surface area contributed by atoms with E-state index in [1.165, 1.54) is 12.1 Å². The van der Waals surface area contributed by atoms with Crippen molar-refractivity contribution in [2.24, 2.45) is 10.9 Å². The number of hydrogen-bond acceptors (Lipinski definition) is 4. The average Bonchev–Trinajstić information content (AvgIpc) is 2.65. The topological polar surface area (TPSA) is 58.1 Å². The van der Waals surface area contributed by atoms with Crippen LogP contribution in [0.25, 0.3) is 0 Å².